The summed E-state index contributed by atoms with van der Waals surface area (Å²) in [5, 5.41) is 11.3. The third kappa shape index (κ3) is 2.41. The Hall–Kier alpha value is -1.88. The van der Waals surface area contributed by atoms with Gasteiger partial charge in [0.1, 0.15) is 23.6 Å². The van der Waals surface area contributed by atoms with Crippen LogP contribution in [0, 0.1) is 6.92 Å². The summed E-state index contributed by atoms with van der Waals surface area (Å²) in [4.78, 5) is 17.0. The van der Waals surface area contributed by atoms with Crippen LogP contribution in [0.1, 0.15) is 41.0 Å². The van der Waals surface area contributed by atoms with E-state index in [9.17, 15) is 9.90 Å². The highest BCUT2D eigenvalue weighted by Gasteiger charge is 2.20. The Balaban J connectivity index is 2.01. The Bertz CT molecular complexity index is 642. The lowest BCUT2D eigenvalue weighted by atomic mass is 10.1. The SMILES string of the molecule is Cc1ccn2c(C[NH+]3CCCCC3)c(C(=O)[O-])nc2c1. The van der Waals surface area contributed by atoms with Crippen molar-refractivity contribution in [2.45, 2.75) is 32.7 Å². The fraction of sp³-hybridized carbons (Fsp3) is 0.467. The van der Waals surface area contributed by atoms with Crippen molar-refractivity contribution < 1.29 is 14.8 Å². The molecule has 1 saturated heterocycles. The van der Waals surface area contributed by atoms with Crippen LogP contribution in [0.4, 0.5) is 0 Å². The van der Waals surface area contributed by atoms with Crippen LogP contribution in [-0.4, -0.2) is 28.4 Å². The predicted octanol–water partition coefficient (Wildman–Crippen LogP) is -0.425. The van der Waals surface area contributed by atoms with Gasteiger partial charge < -0.3 is 14.8 Å². The molecule has 0 unspecified atom stereocenters. The average molecular weight is 273 g/mol. The van der Waals surface area contributed by atoms with E-state index in [-0.39, 0.29) is 5.69 Å². The lowest BCUT2D eigenvalue weighted by Gasteiger charge is -2.23. The molecule has 106 valence electrons. The van der Waals surface area contributed by atoms with Gasteiger partial charge in [-0.25, -0.2) is 4.98 Å². The van der Waals surface area contributed by atoms with Crippen molar-refractivity contribution in [2.24, 2.45) is 0 Å². The molecule has 1 N–H and O–H groups in total. The van der Waals surface area contributed by atoms with Gasteiger partial charge in [0, 0.05) is 6.20 Å². The van der Waals surface area contributed by atoms with Gasteiger partial charge in [-0.15, -0.1) is 0 Å². The third-order valence-electron chi connectivity index (χ3n) is 4.05. The van der Waals surface area contributed by atoms with Crippen LogP contribution in [0.15, 0.2) is 18.3 Å². The number of likely N-dealkylation sites (tertiary alicyclic amines) is 1. The molecular formula is C15H19N3O2. The van der Waals surface area contributed by atoms with Gasteiger partial charge in [-0.3, -0.25) is 4.40 Å². The van der Waals surface area contributed by atoms with Gasteiger partial charge in [0.15, 0.2) is 0 Å². The molecule has 0 saturated carbocycles. The number of fused-ring (bicyclic) bond motifs is 1. The van der Waals surface area contributed by atoms with E-state index in [4.69, 9.17) is 0 Å². The molecule has 3 rings (SSSR count). The summed E-state index contributed by atoms with van der Waals surface area (Å²) in [7, 11) is 0. The van der Waals surface area contributed by atoms with Gasteiger partial charge in [0.25, 0.3) is 0 Å². The van der Waals surface area contributed by atoms with Gasteiger partial charge in [0.2, 0.25) is 0 Å². The number of carboxylic acids is 1. The molecule has 1 fully saturated rings. The maximum atomic E-state index is 11.3. The van der Waals surface area contributed by atoms with Gasteiger partial charge in [0.05, 0.1) is 19.1 Å². The van der Waals surface area contributed by atoms with Gasteiger partial charge in [-0.05, 0) is 43.9 Å². The van der Waals surface area contributed by atoms with E-state index in [1.807, 2.05) is 29.7 Å². The summed E-state index contributed by atoms with van der Waals surface area (Å²) < 4.78 is 1.89. The number of hydrogen-bond donors (Lipinski definition) is 1. The van der Waals surface area contributed by atoms with Gasteiger partial charge >= 0.3 is 0 Å². The zero-order valence-corrected chi connectivity index (χ0v) is 11.7. The quantitative estimate of drug-likeness (QED) is 0.826. The largest absolute Gasteiger partial charge is 0.543 e. The van der Waals surface area contributed by atoms with E-state index in [0.29, 0.717) is 12.2 Å². The molecule has 5 nitrogen and oxygen atoms in total. The first-order valence-corrected chi connectivity index (χ1v) is 7.17. The number of piperidine rings is 1. The summed E-state index contributed by atoms with van der Waals surface area (Å²) in [5.74, 6) is -1.18. The molecule has 0 bridgehead atoms. The van der Waals surface area contributed by atoms with E-state index in [2.05, 4.69) is 4.98 Å². The molecule has 0 atom stereocenters. The molecular weight excluding hydrogens is 254 g/mol. The normalized spacial score (nSPS) is 16.6. The molecule has 1 aliphatic rings. The van der Waals surface area contributed by atoms with Crippen LogP contribution < -0.4 is 10.0 Å². The number of hydrogen-bond acceptors (Lipinski definition) is 3. The van der Waals surface area contributed by atoms with Crippen molar-refractivity contribution in [1.82, 2.24) is 9.38 Å². The topological polar surface area (TPSA) is 61.9 Å². The van der Waals surface area contributed by atoms with Crippen LogP contribution >= 0.6 is 0 Å². The summed E-state index contributed by atoms with van der Waals surface area (Å²) in [6, 6.07) is 3.88. The molecule has 2 aromatic heterocycles. The molecule has 0 spiro atoms. The Morgan fingerprint density at radius 3 is 2.85 bits per heavy atom. The molecule has 20 heavy (non-hydrogen) atoms. The Labute approximate surface area is 117 Å². The van der Waals surface area contributed by atoms with Crippen LogP contribution in [0.25, 0.3) is 5.65 Å². The van der Waals surface area contributed by atoms with Crippen molar-refractivity contribution in [3.63, 3.8) is 0 Å². The third-order valence-corrected chi connectivity index (χ3v) is 4.05. The minimum Gasteiger partial charge on any atom is -0.543 e. The van der Waals surface area contributed by atoms with E-state index < -0.39 is 5.97 Å². The van der Waals surface area contributed by atoms with Gasteiger partial charge in [-0.1, -0.05) is 0 Å². The summed E-state index contributed by atoms with van der Waals surface area (Å²) in [6.07, 6.45) is 5.61. The van der Waals surface area contributed by atoms with Crippen LogP contribution in [0.5, 0.6) is 0 Å². The molecule has 2 aromatic rings. The first-order chi connectivity index (χ1) is 9.65. The number of carbonyl (C=O) groups is 1. The predicted molar refractivity (Wildman–Crippen MR) is 72.5 cm³/mol. The maximum Gasteiger partial charge on any atom is 0.138 e. The molecule has 0 amide bonds. The number of nitrogens with one attached hydrogen (secondary N) is 1. The number of quaternary nitrogens is 1. The fourth-order valence-electron chi connectivity index (χ4n) is 3.00. The van der Waals surface area contributed by atoms with Gasteiger partial charge in [-0.2, -0.15) is 0 Å². The maximum absolute atomic E-state index is 11.3. The Morgan fingerprint density at radius 2 is 2.15 bits per heavy atom. The molecule has 0 aliphatic carbocycles. The number of imidazole rings is 1. The molecule has 5 heteroatoms. The van der Waals surface area contributed by atoms with Crippen molar-refractivity contribution >= 4 is 11.6 Å². The Kier molecular flexibility index (Phi) is 3.44. The lowest BCUT2D eigenvalue weighted by molar-refractivity contribution is -0.918. The smallest absolute Gasteiger partial charge is 0.138 e. The van der Waals surface area contributed by atoms with Crippen LogP contribution in [0.2, 0.25) is 0 Å². The number of pyridine rings is 1. The first kappa shape index (κ1) is 13.1. The minimum atomic E-state index is -1.18. The number of aryl methyl sites for hydroxylation is 1. The van der Waals surface area contributed by atoms with E-state index in [1.54, 1.807) is 0 Å². The summed E-state index contributed by atoms with van der Waals surface area (Å²) in [6.45, 7) is 4.88. The van der Waals surface area contributed by atoms with Crippen molar-refractivity contribution in [3.05, 3.63) is 35.3 Å². The summed E-state index contributed by atoms with van der Waals surface area (Å²) >= 11 is 0. The number of carbonyl (C=O) groups excluding carboxylic acids is 1. The zero-order chi connectivity index (χ0) is 14.1. The Morgan fingerprint density at radius 1 is 1.40 bits per heavy atom. The second kappa shape index (κ2) is 5.25. The molecule has 1 aliphatic heterocycles. The molecule has 0 aromatic carbocycles. The van der Waals surface area contributed by atoms with Crippen LogP contribution in [0.3, 0.4) is 0 Å². The lowest BCUT2D eigenvalue weighted by Crippen LogP contribution is -3.11. The average Bonchev–Trinajstić information content (AvgIpc) is 2.78. The van der Waals surface area contributed by atoms with Crippen molar-refractivity contribution in [1.29, 1.82) is 0 Å². The monoisotopic (exact) mass is 273 g/mol. The number of nitrogens with zero attached hydrogens (tertiary/aromatic N) is 2. The number of carboxylic acid groups (broad SMARTS) is 1. The number of aromatic carboxylic acids is 1. The van der Waals surface area contributed by atoms with E-state index in [0.717, 1.165) is 24.3 Å². The highest BCUT2D eigenvalue weighted by atomic mass is 16.4. The molecule has 3 heterocycles. The zero-order valence-electron chi connectivity index (χ0n) is 11.7. The second-order valence-electron chi connectivity index (χ2n) is 5.61. The van der Waals surface area contributed by atoms with Crippen molar-refractivity contribution in [2.75, 3.05) is 13.1 Å². The standard InChI is InChI=1S/C15H19N3O2/c1-11-5-8-18-12(10-17-6-3-2-4-7-17)14(15(19)20)16-13(18)9-11/h5,8-9H,2-4,6-7,10H2,1H3,(H,19,20). The van der Waals surface area contributed by atoms with Crippen molar-refractivity contribution in [3.8, 4) is 0 Å². The summed E-state index contributed by atoms with van der Waals surface area (Å²) in [5.41, 5.74) is 2.62. The van der Waals surface area contributed by atoms with E-state index in [1.165, 1.54) is 24.2 Å². The number of rotatable bonds is 3. The van der Waals surface area contributed by atoms with E-state index >= 15 is 0 Å². The minimum absolute atomic E-state index is 0.0914. The first-order valence-electron chi connectivity index (χ1n) is 7.17. The second-order valence-corrected chi connectivity index (χ2v) is 5.61. The highest BCUT2D eigenvalue weighted by molar-refractivity contribution is 5.86. The molecule has 0 radical (unpaired) electrons. The highest BCUT2D eigenvalue weighted by Crippen LogP contribution is 2.13. The fourth-order valence-corrected chi connectivity index (χ4v) is 3.00. The van der Waals surface area contributed by atoms with Crippen LogP contribution in [-0.2, 0) is 6.54 Å². The number of aromatic nitrogens is 2.